The Morgan fingerprint density at radius 1 is 1.16 bits per heavy atom. The number of hydrogen-bond donors (Lipinski definition) is 2. The zero-order valence-electron chi connectivity index (χ0n) is 15.9. The summed E-state index contributed by atoms with van der Waals surface area (Å²) in [6.07, 6.45) is -4.78. The molecule has 0 saturated heterocycles. The number of aromatic nitrogens is 2. The molecule has 0 radical (unpaired) electrons. The fraction of sp³-hybridized carbons (Fsp3) is 0.150. The van der Waals surface area contributed by atoms with E-state index in [1.807, 2.05) is 0 Å². The van der Waals surface area contributed by atoms with Crippen LogP contribution in [0.3, 0.4) is 0 Å². The Morgan fingerprint density at radius 2 is 1.81 bits per heavy atom. The lowest BCUT2D eigenvalue weighted by atomic mass is 9.90. The Bertz CT molecular complexity index is 1240. The van der Waals surface area contributed by atoms with Gasteiger partial charge in [0, 0.05) is 17.7 Å². The molecule has 0 saturated carbocycles. The van der Waals surface area contributed by atoms with Gasteiger partial charge in [-0.05, 0) is 35.4 Å². The molecule has 0 aliphatic rings. The van der Waals surface area contributed by atoms with Crippen LogP contribution in [0.15, 0.2) is 47.3 Å². The highest BCUT2D eigenvalue weighted by atomic mass is 35.5. The summed E-state index contributed by atoms with van der Waals surface area (Å²) in [6.45, 7) is 1.41. The Balaban J connectivity index is 2.24. The molecule has 0 aliphatic carbocycles. The molecule has 1 aromatic heterocycles. The number of nitrogens with two attached hydrogens (primary N) is 2. The Kier molecular flexibility index (Phi) is 5.77. The molecule has 3 rings (SSSR count). The second-order valence-corrected chi connectivity index (χ2v) is 7.08. The number of alkyl halides is 3. The standard InChI is InChI=1S/C20H15ClF4N4O2/c1-9(11-6-10(26)7-13(17(11)21)20(23,24)25)12-8-16(30)29(28-18(12)19(27)31)15-5-3-2-4-14(15)22/h2-9H,26H2,1H3,(H2,27,31). The molecule has 2 aromatic carbocycles. The van der Waals surface area contributed by atoms with Crippen LogP contribution in [-0.2, 0) is 6.18 Å². The third-order valence-electron chi connectivity index (χ3n) is 4.64. The van der Waals surface area contributed by atoms with Crippen LogP contribution in [0.1, 0.15) is 40.0 Å². The van der Waals surface area contributed by atoms with Crippen LogP contribution < -0.4 is 17.0 Å². The Morgan fingerprint density at radius 3 is 2.39 bits per heavy atom. The lowest BCUT2D eigenvalue weighted by molar-refractivity contribution is -0.137. The number of nitrogens with zero attached hydrogens (tertiary/aromatic N) is 2. The largest absolute Gasteiger partial charge is 0.417 e. The molecule has 1 unspecified atom stereocenters. The lowest BCUT2D eigenvalue weighted by Crippen LogP contribution is -2.29. The number of amides is 1. The van der Waals surface area contributed by atoms with E-state index in [0.29, 0.717) is 10.7 Å². The number of halogens is 5. The number of rotatable bonds is 4. The van der Waals surface area contributed by atoms with E-state index in [0.717, 1.165) is 12.1 Å². The number of hydrogen-bond acceptors (Lipinski definition) is 4. The molecule has 3 aromatic rings. The summed E-state index contributed by atoms with van der Waals surface area (Å²) in [5.41, 5.74) is 7.98. The summed E-state index contributed by atoms with van der Waals surface area (Å²) >= 11 is 5.98. The zero-order valence-corrected chi connectivity index (χ0v) is 16.6. The molecule has 31 heavy (non-hydrogen) atoms. The van der Waals surface area contributed by atoms with Gasteiger partial charge in [-0.1, -0.05) is 30.7 Å². The zero-order chi connectivity index (χ0) is 23.1. The molecular weight excluding hydrogens is 440 g/mol. The molecule has 0 bridgehead atoms. The molecule has 1 amide bonds. The minimum atomic E-state index is -4.78. The summed E-state index contributed by atoms with van der Waals surface area (Å²) in [5.74, 6) is -2.86. The van der Waals surface area contributed by atoms with Gasteiger partial charge in [0.25, 0.3) is 11.5 Å². The number of benzene rings is 2. The predicted octanol–water partition coefficient (Wildman–Crippen LogP) is 3.88. The van der Waals surface area contributed by atoms with E-state index >= 15 is 0 Å². The van der Waals surface area contributed by atoms with E-state index in [4.69, 9.17) is 23.1 Å². The van der Waals surface area contributed by atoms with Crippen molar-refractivity contribution in [2.24, 2.45) is 5.73 Å². The van der Waals surface area contributed by atoms with Gasteiger partial charge in [-0.3, -0.25) is 9.59 Å². The molecule has 162 valence electrons. The molecular formula is C20H15ClF4N4O2. The van der Waals surface area contributed by atoms with E-state index in [9.17, 15) is 27.2 Å². The van der Waals surface area contributed by atoms with Crippen molar-refractivity contribution in [2.45, 2.75) is 19.0 Å². The summed E-state index contributed by atoms with van der Waals surface area (Å²) in [5, 5.41) is 3.23. The van der Waals surface area contributed by atoms with Crippen LogP contribution in [0, 0.1) is 5.82 Å². The minimum absolute atomic E-state index is 0.0780. The van der Waals surface area contributed by atoms with Crippen molar-refractivity contribution < 1.29 is 22.4 Å². The smallest absolute Gasteiger partial charge is 0.399 e. The number of para-hydroxylation sites is 1. The average Bonchev–Trinajstić information content (AvgIpc) is 2.68. The summed E-state index contributed by atoms with van der Waals surface area (Å²) in [7, 11) is 0. The van der Waals surface area contributed by atoms with E-state index < -0.39 is 45.7 Å². The van der Waals surface area contributed by atoms with E-state index in [1.54, 1.807) is 0 Å². The Hall–Kier alpha value is -3.40. The van der Waals surface area contributed by atoms with Gasteiger partial charge in [0.15, 0.2) is 5.69 Å². The summed E-state index contributed by atoms with van der Waals surface area (Å²) in [6, 6.07) is 8.05. The van der Waals surface area contributed by atoms with Gasteiger partial charge in [-0.2, -0.15) is 23.0 Å². The topological polar surface area (TPSA) is 104 Å². The monoisotopic (exact) mass is 454 g/mol. The second kappa shape index (κ2) is 8.03. The molecule has 1 heterocycles. The summed E-state index contributed by atoms with van der Waals surface area (Å²) in [4.78, 5) is 24.7. The van der Waals surface area contributed by atoms with Crippen LogP contribution in [0.2, 0.25) is 5.02 Å². The molecule has 0 aliphatic heterocycles. The van der Waals surface area contributed by atoms with Gasteiger partial charge in [0.05, 0.1) is 10.6 Å². The number of anilines is 1. The molecule has 11 heteroatoms. The van der Waals surface area contributed by atoms with Crippen molar-refractivity contribution in [2.75, 3.05) is 5.73 Å². The normalized spacial score (nSPS) is 12.6. The lowest BCUT2D eigenvalue weighted by Gasteiger charge is -2.20. The first kappa shape index (κ1) is 22.3. The first-order chi connectivity index (χ1) is 14.4. The van der Waals surface area contributed by atoms with Gasteiger partial charge in [-0.25, -0.2) is 4.39 Å². The number of primary amides is 1. The number of carbonyl (C=O) groups is 1. The van der Waals surface area contributed by atoms with Crippen LogP contribution >= 0.6 is 11.6 Å². The fourth-order valence-corrected chi connectivity index (χ4v) is 3.53. The van der Waals surface area contributed by atoms with Crippen molar-refractivity contribution in [3.63, 3.8) is 0 Å². The van der Waals surface area contributed by atoms with Crippen LogP contribution in [0.4, 0.5) is 23.2 Å². The van der Waals surface area contributed by atoms with E-state index in [1.165, 1.54) is 31.2 Å². The summed E-state index contributed by atoms with van der Waals surface area (Å²) < 4.78 is 54.7. The predicted molar refractivity (Wildman–Crippen MR) is 107 cm³/mol. The van der Waals surface area contributed by atoms with Gasteiger partial charge >= 0.3 is 6.18 Å². The molecule has 1 atom stereocenters. The van der Waals surface area contributed by atoms with Gasteiger partial charge < -0.3 is 11.5 Å². The van der Waals surface area contributed by atoms with Crippen molar-refractivity contribution in [1.82, 2.24) is 9.78 Å². The van der Waals surface area contributed by atoms with Crippen molar-refractivity contribution in [3.8, 4) is 5.69 Å². The maximum absolute atomic E-state index is 14.1. The SMILES string of the molecule is CC(c1cc(=O)n(-c2ccccc2F)nc1C(N)=O)c1cc(N)cc(C(F)(F)F)c1Cl. The van der Waals surface area contributed by atoms with Gasteiger partial charge in [0.2, 0.25) is 0 Å². The van der Waals surface area contributed by atoms with Crippen LogP contribution in [0.5, 0.6) is 0 Å². The number of nitrogen functional groups attached to an aromatic ring is 1. The Labute approximate surface area is 178 Å². The first-order valence-electron chi connectivity index (χ1n) is 8.77. The second-order valence-electron chi connectivity index (χ2n) is 6.71. The molecule has 0 fully saturated rings. The van der Waals surface area contributed by atoms with Crippen molar-refractivity contribution >= 4 is 23.2 Å². The number of carbonyl (C=O) groups excluding carboxylic acids is 1. The van der Waals surface area contributed by atoms with E-state index in [2.05, 4.69) is 5.10 Å². The van der Waals surface area contributed by atoms with E-state index in [-0.39, 0.29) is 22.5 Å². The maximum atomic E-state index is 14.1. The highest BCUT2D eigenvalue weighted by Crippen LogP contribution is 2.41. The third kappa shape index (κ3) is 4.24. The van der Waals surface area contributed by atoms with Gasteiger partial charge in [-0.15, -0.1) is 0 Å². The molecule has 0 spiro atoms. The molecule has 4 N–H and O–H groups in total. The van der Waals surface area contributed by atoms with Crippen molar-refractivity contribution in [1.29, 1.82) is 0 Å². The highest BCUT2D eigenvalue weighted by Gasteiger charge is 2.35. The quantitative estimate of drug-likeness (QED) is 0.461. The molecule has 6 nitrogen and oxygen atoms in total. The van der Waals surface area contributed by atoms with Crippen LogP contribution in [0.25, 0.3) is 5.69 Å². The average molecular weight is 455 g/mol. The fourth-order valence-electron chi connectivity index (χ4n) is 3.15. The van der Waals surface area contributed by atoms with Crippen LogP contribution in [-0.4, -0.2) is 15.7 Å². The van der Waals surface area contributed by atoms with Crippen molar-refractivity contribution in [3.05, 3.63) is 86.0 Å². The van der Waals surface area contributed by atoms with Gasteiger partial charge in [0.1, 0.15) is 11.5 Å². The first-order valence-corrected chi connectivity index (χ1v) is 9.14. The highest BCUT2D eigenvalue weighted by molar-refractivity contribution is 6.32. The third-order valence-corrected chi connectivity index (χ3v) is 5.06. The maximum Gasteiger partial charge on any atom is 0.417 e. The minimum Gasteiger partial charge on any atom is -0.399 e.